The van der Waals surface area contributed by atoms with Crippen LogP contribution in [0.25, 0.3) is 0 Å². The second kappa shape index (κ2) is 4.97. The average molecular weight is 247 g/mol. The van der Waals surface area contributed by atoms with Crippen LogP contribution in [0.5, 0.6) is 0 Å². The minimum atomic E-state index is -0.533. The Labute approximate surface area is 104 Å². The fourth-order valence-electron chi connectivity index (χ4n) is 1.61. The van der Waals surface area contributed by atoms with Gasteiger partial charge in [0.25, 0.3) is 0 Å². The molecule has 0 amide bonds. The van der Waals surface area contributed by atoms with Gasteiger partial charge in [0.2, 0.25) is 5.95 Å². The fourth-order valence-corrected chi connectivity index (χ4v) is 1.61. The van der Waals surface area contributed by atoms with Gasteiger partial charge in [0.1, 0.15) is 0 Å². The summed E-state index contributed by atoms with van der Waals surface area (Å²) >= 11 is 0. The molecule has 0 fully saturated rings. The fraction of sp³-hybridized carbons (Fsp3) is 0.167. The summed E-state index contributed by atoms with van der Waals surface area (Å²) in [6.07, 6.45) is 1.06. The molecular formula is C12H14FN5. The summed E-state index contributed by atoms with van der Waals surface area (Å²) < 4.78 is 13.5. The minimum Gasteiger partial charge on any atom is -0.337 e. The van der Waals surface area contributed by atoms with E-state index in [1.54, 1.807) is 0 Å². The molecule has 2 rings (SSSR count). The van der Waals surface area contributed by atoms with E-state index in [-0.39, 0.29) is 11.8 Å². The lowest BCUT2D eigenvalue weighted by Crippen LogP contribution is -2.12. The van der Waals surface area contributed by atoms with Crippen molar-refractivity contribution in [2.45, 2.75) is 13.8 Å². The van der Waals surface area contributed by atoms with Gasteiger partial charge in [-0.05, 0) is 25.5 Å². The number of nitrogens with two attached hydrogens (primary N) is 1. The molecule has 0 saturated heterocycles. The molecule has 0 saturated carbocycles. The minimum absolute atomic E-state index is 0.0879. The molecule has 0 aliphatic rings. The lowest BCUT2D eigenvalue weighted by Gasteiger charge is -2.10. The number of nitrogens with one attached hydrogen (secondary N) is 2. The molecule has 0 unspecified atom stereocenters. The zero-order valence-corrected chi connectivity index (χ0v) is 10.2. The Bertz CT molecular complexity index is 570. The van der Waals surface area contributed by atoms with Crippen molar-refractivity contribution in [1.29, 1.82) is 0 Å². The first-order valence-corrected chi connectivity index (χ1v) is 5.43. The van der Waals surface area contributed by atoms with Crippen LogP contribution < -0.4 is 16.6 Å². The van der Waals surface area contributed by atoms with Crippen LogP contribution in [0.15, 0.2) is 24.4 Å². The number of halogens is 1. The normalized spacial score (nSPS) is 10.2. The van der Waals surface area contributed by atoms with Crippen molar-refractivity contribution in [3.05, 3.63) is 41.3 Å². The van der Waals surface area contributed by atoms with E-state index in [9.17, 15) is 4.39 Å². The predicted molar refractivity (Wildman–Crippen MR) is 69.0 cm³/mol. The van der Waals surface area contributed by atoms with Gasteiger partial charge in [0.15, 0.2) is 11.6 Å². The van der Waals surface area contributed by atoms with E-state index in [1.807, 2.05) is 32.0 Å². The molecular weight excluding hydrogens is 233 g/mol. The number of hydrogen-bond donors (Lipinski definition) is 3. The molecule has 4 N–H and O–H groups in total. The molecule has 94 valence electrons. The van der Waals surface area contributed by atoms with Crippen molar-refractivity contribution in [1.82, 2.24) is 9.97 Å². The van der Waals surface area contributed by atoms with Crippen molar-refractivity contribution in [3.8, 4) is 0 Å². The van der Waals surface area contributed by atoms with Crippen LogP contribution in [0.3, 0.4) is 0 Å². The highest BCUT2D eigenvalue weighted by Crippen LogP contribution is 2.22. The summed E-state index contributed by atoms with van der Waals surface area (Å²) in [5.74, 6) is 4.90. The van der Waals surface area contributed by atoms with E-state index in [1.165, 1.54) is 0 Å². The molecule has 2 aromatic rings. The lowest BCUT2D eigenvalue weighted by atomic mass is 10.1. The number of nitrogens with zero attached hydrogens (tertiary/aromatic N) is 2. The zero-order chi connectivity index (χ0) is 13.1. The molecule has 0 aliphatic heterocycles. The summed E-state index contributed by atoms with van der Waals surface area (Å²) in [5, 5.41) is 2.92. The number of rotatable bonds is 3. The van der Waals surface area contributed by atoms with Gasteiger partial charge in [-0.3, -0.25) is 5.43 Å². The van der Waals surface area contributed by atoms with E-state index in [2.05, 4.69) is 20.7 Å². The number of aryl methyl sites for hydroxylation is 2. The van der Waals surface area contributed by atoms with Crippen LogP contribution in [-0.2, 0) is 0 Å². The summed E-state index contributed by atoms with van der Waals surface area (Å²) in [7, 11) is 0. The number of hydrazine groups is 1. The molecule has 6 heteroatoms. The van der Waals surface area contributed by atoms with Crippen molar-refractivity contribution in [3.63, 3.8) is 0 Å². The van der Waals surface area contributed by atoms with E-state index in [0.717, 1.165) is 23.0 Å². The quantitative estimate of drug-likeness (QED) is 0.573. The number of anilines is 3. The van der Waals surface area contributed by atoms with E-state index < -0.39 is 5.82 Å². The van der Waals surface area contributed by atoms with Crippen LogP contribution in [-0.4, -0.2) is 9.97 Å². The van der Waals surface area contributed by atoms with Gasteiger partial charge in [-0.2, -0.15) is 4.98 Å². The third-order valence-corrected chi connectivity index (χ3v) is 2.51. The highest BCUT2D eigenvalue weighted by atomic mass is 19.1. The Hall–Kier alpha value is -2.21. The molecule has 0 radical (unpaired) electrons. The number of benzene rings is 1. The molecule has 1 heterocycles. The van der Waals surface area contributed by atoms with Crippen molar-refractivity contribution in [2.24, 2.45) is 5.84 Å². The van der Waals surface area contributed by atoms with Crippen molar-refractivity contribution < 1.29 is 4.39 Å². The molecule has 0 spiro atoms. The Morgan fingerprint density at radius 2 is 2.06 bits per heavy atom. The molecule has 1 aromatic carbocycles. The smallest absolute Gasteiger partial charge is 0.239 e. The van der Waals surface area contributed by atoms with Gasteiger partial charge in [-0.25, -0.2) is 15.2 Å². The van der Waals surface area contributed by atoms with Gasteiger partial charge in [-0.1, -0.05) is 17.7 Å². The summed E-state index contributed by atoms with van der Waals surface area (Å²) in [6.45, 7) is 3.94. The first-order chi connectivity index (χ1) is 8.60. The Morgan fingerprint density at radius 3 is 2.72 bits per heavy atom. The van der Waals surface area contributed by atoms with Crippen LogP contribution in [0, 0.1) is 19.7 Å². The first kappa shape index (κ1) is 12.3. The predicted octanol–water partition coefficient (Wildman–Crippen LogP) is 2.26. The number of aromatic nitrogens is 2. The summed E-state index contributed by atoms with van der Waals surface area (Å²) in [6, 6.07) is 5.82. The monoisotopic (exact) mass is 247 g/mol. The van der Waals surface area contributed by atoms with Crippen LogP contribution >= 0.6 is 0 Å². The maximum Gasteiger partial charge on any atom is 0.239 e. The topological polar surface area (TPSA) is 75.9 Å². The Kier molecular flexibility index (Phi) is 3.38. The van der Waals surface area contributed by atoms with Gasteiger partial charge in [0.05, 0.1) is 6.20 Å². The van der Waals surface area contributed by atoms with Crippen LogP contribution in [0.4, 0.5) is 21.8 Å². The van der Waals surface area contributed by atoms with Crippen molar-refractivity contribution >= 4 is 17.5 Å². The van der Waals surface area contributed by atoms with E-state index >= 15 is 0 Å². The van der Waals surface area contributed by atoms with E-state index in [4.69, 9.17) is 5.84 Å². The van der Waals surface area contributed by atoms with Crippen LogP contribution in [0.1, 0.15) is 11.1 Å². The van der Waals surface area contributed by atoms with Gasteiger partial charge in [-0.15, -0.1) is 0 Å². The average Bonchev–Trinajstić information content (AvgIpc) is 2.35. The highest BCUT2D eigenvalue weighted by molar-refractivity contribution is 5.61. The van der Waals surface area contributed by atoms with Gasteiger partial charge >= 0.3 is 0 Å². The maximum atomic E-state index is 13.5. The number of nitrogen functional groups attached to an aromatic ring is 1. The second-order valence-corrected chi connectivity index (χ2v) is 3.98. The molecule has 5 nitrogen and oxygen atoms in total. The van der Waals surface area contributed by atoms with Gasteiger partial charge < -0.3 is 5.32 Å². The summed E-state index contributed by atoms with van der Waals surface area (Å²) in [4.78, 5) is 7.59. The van der Waals surface area contributed by atoms with Crippen LogP contribution in [0.2, 0.25) is 0 Å². The third-order valence-electron chi connectivity index (χ3n) is 2.51. The summed E-state index contributed by atoms with van der Waals surface area (Å²) in [5.41, 5.74) is 5.22. The Balaban J connectivity index is 2.33. The van der Waals surface area contributed by atoms with Gasteiger partial charge in [0, 0.05) is 5.69 Å². The SMILES string of the molecule is Cc1ccc(Nc2nc(NN)ncc2F)c(C)c1. The first-order valence-electron chi connectivity index (χ1n) is 5.43. The third kappa shape index (κ3) is 2.54. The standard InChI is InChI=1S/C12H14FN5/c1-7-3-4-10(8(2)5-7)16-11-9(13)6-15-12(17-11)18-14/h3-6H,14H2,1-2H3,(H2,15,16,17,18). The zero-order valence-electron chi connectivity index (χ0n) is 10.2. The molecule has 0 bridgehead atoms. The highest BCUT2D eigenvalue weighted by Gasteiger charge is 2.08. The largest absolute Gasteiger partial charge is 0.337 e. The number of hydrogen-bond acceptors (Lipinski definition) is 5. The Morgan fingerprint density at radius 1 is 1.28 bits per heavy atom. The second-order valence-electron chi connectivity index (χ2n) is 3.98. The molecule has 18 heavy (non-hydrogen) atoms. The molecule has 0 aliphatic carbocycles. The lowest BCUT2D eigenvalue weighted by molar-refractivity contribution is 0.619. The molecule has 1 aromatic heterocycles. The maximum absolute atomic E-state index is 13.5. The molecule has 0 atom stereocenters. The van der Waals surface area contributed by atoms with Crippen molar-refractivity contribution in [2.75, 3.05) is 10.7 Å². The van der Waals surface area contributed by atoms with E-state index in [0.29, 0.717) is 0 Å².